The van der Waals surface area contributed by atoms with Gasteiger partial charge in [0.05, 0.1) is 27.7 Å². The van der Waals surface area contributed by atoms with Gasteiger partial charge in [0, 0.05) is 6.47 Å². The zero-order valence-corrected chi connectivity index (χ0v) is 17.9. The van der Waals surface area contributed by atoms with Crippen LogP contribution in [-0.2, 0) is 4.79 Å². The minimum Gasteiger partial charge on any atom is -0.554 e. The average Bonchev–Trinajstić information content (AvgIpc) is 2.54. The Hall–Kier alpha value is -0.570. The lowest BCUT2D eigenvalue weighted by molar-refractivity contribution is -0.870. The molecule has 0 aliphatic heterocycles. The van der Waals surface area contributed by atoms with Crippen LogP contribution in [0.3, 0.4) is 0 Å². The Bertz CT molecular complexity index is 249. The summed E-state index contributed by atoms with van der Waals surface area (Å²) >= 11 is 0. The molecule has 0 heterocycles. The summed E-state index contributed by atoms with van der Waals surface area (Å²) in [5, 5.41) is 8.25. The quantitative estimate of drug-likeness (QED) is 0.201. The van der Waals surface area contributed by atoms with Crippen LogP contribution >= 0.6 is 0 Å². The SMILES string of the molecule is CCCCCCCCCCCCCCCCCC[N+](C)(C)C.O=C[O-]. The van der Waals surface area contributed by atoms with Crippen LogP contribution in [0.15, 0.2) is 0 Å². The first kappa shape index (κ1) is 26.7. The van der Waals surface area contributed by atoms with Gasteiger partial charge >= 0.3 is 0 Å². The number of nitrogens with zero attached hydrogens (tertiary/aromatic N) is 1. The van der Waals surface area contributed by atoms with Gasteiger partial charge in [-0.2, -0.15) is 0 Å². The Balaban J connectivity index is 0. The lowest BCUT2D eigenvalue weighted by Crippen LogP contribution is -2.35. The maximum atomic E-state index is 8.25. The van der Waals surface area contributed by atoms with E-state index in [1.165, 1.54) is 109 Å². The van der Waals surface area contributed by atoms with Gasteiger partial charge in [0.1, 0.15) is 0 Å². The molecule has 0 fully saturated rings. The zero-order chi connectivity index (χ0) is 19.2. The molecule has 0 aromatic carbocycles. The summed E-state index contributed by atoms with van der Waals surface area (Å²) in [6, 6.07) is 0. The monoisotopic (exact) mass is 357 g/mol. The molecule has 0 aromatic heterocycles. The van der Waals surface area contributed by atoms with E-state index in [2.05, 4.69) is 28.1 Å². The largest absolute Gasteiger partial charge is 0.554 e. The Kier molecular flexibility index (Phi) is 22.9. The summed E-state index contributed by atoms with van der Waals surface area (Å²) in [7, 11) is 6.89. The van der Waals surface area contributed by atoms with Gasteiger partial charge in [0.2, 0.25) is 0 Å². The Morgan fingerprint density at radius 2 is 0.840 bits per heavy atom. The van der Waals surface area contributed by atoms with Crippen molar-refractivity contribution < 1.29 is 14.4 Å². The van der Waals surface area contributed by atoms with Crippen molar-refractivity contribution in [2.45, 2.75) is 110 Å². The fourth-order valence-electron chi connectivity index (χ4n) is 3.13. The van der Waals surface area contributed by atoms with E-state index < -0.39 is 6.47 Å². The molecule has 0 N–H and O–H groups in total. The smallest absolute Gasteiger partial charge is 0.0780 e. The van der Waals surface area contributed by atoms with Gasteiger partial charge in [-0.25, -0.2) is 0 Å². The summed E-state index contributed by atoms with van der Waals surface area (Å²) in [6.07, 6.45) is 23.4. The van der Waals surface area contributed by atoms with Crippen LogP contribution in [0, 0.1) is 0 Å². The molecule has 0 saturated carbocycles. The molecule has 0 saturated heterocycles. The van der Waals surface area contributed by atoms with Crippen LogP contribution in [0.2, 0.25) is 0 Å². The Morgan fingerprint density at radius 1 is 0.600 bits per heavy atom. The van der Waals surface area contributed by atoms with Crippen molar-refractivity contribution in [3.8, 4) is 0 Å². The average molecular weight is 358 g/mol. The Morgan fingerprint density at radius 3 is 1.08 bits per heavy atom. The minimum atomic E-state index is -0.500. The third-order valence-corrected chi connectivity index (χ3v) is 4.68. The first-order valence-corrected chi connectivity index (χ1v) is 10.8. The second kappa shape index (κ2) is 21.5. The van der Waals surface area contributed by atoms with Crippen molar-refractivity contribution in [2.75, 3.05) is 27.7 Å². The molecule has 152 valence electrons. The molecule has 0 bridgehead atoms. The third-order valence-electron chi connectivity index (χ3n) is 4.68. The second-order valence-corrected chi connectivity index (χ2v) is 8.41. The van der Waals surface area contributed by atoms with Gasteiger partial charge < -0.3 is 14.4 Å². The predicted octanol–water partition coefficient (Wildman–Crippen LogP) is 5.32. The topological polar surface area (TPSA) is 40.1 Å². The third kappa shape index (κ3) is 31.7. The van der Waals surface area contributed by atoms with Crippen LogP contribution in [0.1, 0.15) is 110 Å². The van der Waals surface area contributed by atoms with E-state index in [4.69, 9.17) is 9.90 Å². The highest BCUT2D eigenvalue weighted by Crippen LogP contribution is 2.13. The number of carboxylic acid groups (broad SMARTS) is 1. The first-order chi connectivity index (χ1) is 12.0. The summed E-state index contributed by atoms with van der Waals surface area (Å²) in [4.78, 5) is 8.25. The standard InChI is InChI=1S/C21H46N.CH2O2/c1-5-6-7-8-9-10-11-12-13-14-15-16-17-18-19-20-21-22(2,3)4;2-1-3/h5-21H2,1-4H3;1H,(H,2,3)/q+1;/p-1. The molecule has 0 amide bonds. The van der Waals surface area contributed by atoms with E-state index in [0.717, 1.165) is 4.48 Å². The molecule has 25 heavy (non-hydrogen) atoms. The van der Waals surface area contributed by atoms with E-state index in [-0.39, 0.29) is 0 Å². The highest BCUT2D eigenvalue weighted by molar-refractivity contribution is 5.29. The molecule has 3 nitrogen and oxygen atoms in total. The van der Waals surface area contributed by atoms with Crippen LogP contribution in [0.25, 0.3) is 0 Å². The van der Waals surface area contributed by atoms with Gasteiger partial charge in [-0.15, -0.1) is 0 Å². The van der Waals surface area contributed by atoms with Gasteiger partial charge in [-0.3, -0.25) is 0 Å². The fraction of sp³-hybridized carbons (Fsp3) is 0.955. The van der Waals surface area contributed by atoms with E-state index >= 15 is 0 Å². The van der Waals surface area contributed by atoms with Crippen molar-refractivity contribution >= 4 is 6.47 Å². The maximum Gasteiger partial charge on any atom is 0.0780 e. The van der Waals surface area contributed by atoms with Crippen molar-refractivity contribution in [3.63, 3.8) is 0 Å². The highest BCUT2D eigenvalue weighted by atomic mass is 16.3. The molecule has 0 aromatic rings. The number of rotatable bonds is 17. The molecular weight excluding hydrogens is 310 g/mol. The second-order valence-electron chi connectivity index (χ2n) is 8.41. The van der Waals surface area contributed by atoms with Crippen molar-refractivity contribution in [2.24, 2.45) is 0 Å². The van der Waals surface area contributed by atoms with Gasteiger partial charge in [-0.05, 0) is 12.8 Å². The van der Waals surface area contributed by atoms with E-state index in [0.29, 0.717) is 0 Å². The predicted molar refractivity (Wildman–Crippen MR) is 109 cm³/mol. The van der Waals surface area contributed by atoms with E-state index in [1.807, 2.05) is 0 Å². The van der Waals surface area contributed by atoms with Crippen LogP contribution in [-0.4, -0.2) is 38.6 Å². The minimum absolute atomic E-state index is 0.500. The first-order valence-electron chi connectivity index (χ1n) is 10.8. The fourth-order valence-corrected chi connectivity index (χ4v) is 3.13. The van der Waals surface area contributed by atoms with E-state index in [1.54, 1.807) is 0 Å². The number of hydrogen-bond acceptors (Lipinski definition) is 2. The molecule has 0 aliphatic carbocycles. The summed E-state index contributed by atoms with van der Waals surface area (Å²) < 4.78 is 1.12. The molecule has 3 heteroatoms. The lowest BCUT2D eigenvalue weighted by Gasteiger charge is -2.23. The number of unbranched alkanes of at least 4 members (excludes halogenated alkanes) is 15. The van der Waals surface area contributed by atoms with E-state index in [9.17, 15) is 0 Å². The number of carbonyl (C=O) groups is 1. The van der Waals surface area contributed by atoms with Crippen molar-refractivity contribution in [1.82, 2.24) is 0 Å². The normalized spacial score (nSPS) is 11.0. The van der Waals surface area contributed by atoms with Crippen molar-refractivity contribution in [1.29, 1.82) is 0 Å². The lowest BCUT2D eigenvalue weighted by atomic mass is 10.0. The molecule has 0 radical (unpaired) electrons. The molecule has 0 unspecified atom stereocenters. The van der Waals surface area contributed by atoms with Crippen LogP contribution in [0.4, 0.5) is 0 Å². The van der Waals surface area contributed by atoms with Gasteiger partial charge in [0.25, 0.3) is 0 Å². The summed E-state index contributed by atoms with van der Waals surface area (Å²) in [5.74, 6) is 0. The van der Waals surface area contributed by atoms with Gasteiger partial charge in [-0.1, -0.05) is 96.8 Å². The molecule has 0 rings (SSSR count). The Labute approximate surface area is 158 Å². The van der Waals surface area contributed by atoms with Gasteiger partial charge in [0.15, 0.2) is 0 Å². The molecule has 0 spiro atoms. The number of hydrogen-bond donors (Lipinski definition) is 0. The highest BCUT2D eigenvalue weighted by Gasteiger charge is 2.04. The van der Waals surface area contributed by atoms with Crippen LogP contribution < -0.4 is 5.11 Å². The molecule has 0 aliphatic rings. The maximum absolute atomic E-state index is 8.25. The zero-order valence-electron chi connectivity index (χ0n) is 17.9. The molecular formula is C22H47NO2. The number of quaternary nitrogens is 1. The van der Waals surface area contributed by atoms with Crippen molar-refractivity contribution in [3.05, 3.63) is 0 Å². The van der Waals surface area contributed by atoms with Crippen LogP contribution in [0.5, 0.6) is 0 Å². The molecule has 0 atom stereocenters. The summed E-state index contributed by atoms with van der Waals surface area (Å²) in [6.45, 7) is 3.13. The summed E-state index contributed by atoms with van der Waals surface area (Å²) in [5.41, 5.74) is 0. The number of carbonyl (C=O) groups excluding carboxylic acids is 1.